The Morgan fingerprint density at radius 1 is 1.10 bits per heavy atom. The molecule has 4 heteroatoms. The number of hydrogen-bond donors (Lipinski definition) is 1. The molecule has 1 aliphatic carbocycles. The van der Waals surface area contributed by atoms with Crippen LogP contribution in [0.4, 0.5) is 5.69 Å². The second-order valence-electron chi connectivity index (χ2n) is 5.93. The number of hydrogen-bond acceptors (Lipinski definition) is 2. The maximum atomic E-state index is 5.48. The minimum absolute atomic E-state index is 0.715. The van der Waals surface area contributed by atoms with Crippen LogP contribution in [0, 0.1) is 6.92 Å². The summed E-state index contributed by atoms with van der Waals surface area (Å²) in [5.74, 6) is 0. The molecule has 1 N–H and O–H groups in total. The van der Waals surface area contributed by atoms with E-state index in [9.17, 15) is 0 Å². The molecule has 0 amide bonds. The Morgan fingerprint density at radius 2 is 1.80 bits per heavy atom. The number of nitrogens with zero attached hydrogens (tertiary/aromatic N) is 2. The van der Waals surface area contributed by atoms with E-state index in [4.69, 9.17) is 12.2 Å². The van der Waals surface area contributed by atoms with Crippen molar-refractivity contribution in [3.63, 3.8) is 0 Å². The minimum atomic E-state index is 0.715. The summed E-state index contributed by atoms with van der Waals surface area (Å²) >= 11 is 5.48. The Hall–Kier alpha value is -1.13. The van der Waals surface area contributed by atoms with Gasteiger partial charge in [-0.3, -0.25) is 4.90 Å². The van der Waals surface area contributed by atoms with Gasteiger partial charge in [-0.05, 0) is 44.1 Å². The van der Waals surface area contributed by atoms with E-state index in [1.807, 2.05) is 0 Å². The van der Waals surface area contributed by atoms with Gasteiger partial charge >= 0.3 is 0 Å². The summed E-state index contributed by atoms with van der Waals surface area (Å²) in [7, 11) is 0. The summed E-state index contributed by atoms with van der Waals surface area (Å²) in [4.78, 5) is 4.75. The quantitative estimate of drug-likeness (QED) is 0.842. The van der Waals surface area contributed by atoms with Crippen molar-refractivity contribution in [2.45, 2.75) is 45.1 Å². The summed E-state index contributed by atoms with van der Waals surface area (Å²) in [5, 5.41) is 4.22. The van der Waals surface area contributed by atoms with Gasteiger partial charge in [-0.25, -0.2) is 0 Å². The van der Waals surface area contributed by atoms with Gasteiger partial charge in [0.15, 0.2) is 5.11 Å². The number of benzene rings is 1. The molecule has 0 spiro atoms. The van der Waals surface area contributed by atoms with Crippen LogP contribution in [0.15, 0.2) is 24.3 Å². The lowest BCUT2D eigenvalue weighted by atomic mass is 9.94. The van der Waals surface area contributed by atoms with Crippen molar-refractivity contribution in [3.05, 3.63) is 29.8 Å². The van der Waals surface area contributed by atoms with Crippen LogP contribution in [0.25, 0.3) is 0 Å². The first kappa shape index (κ1) is 13.8. The molecule has 1 aliphatic heterocycles. The highest BCUT2D eigenvalue weighted by molar-refractivity contribution is 7.80. The van der Waals surface area contributed by atoms with Gasteiger partial charge in [-0.1, -0.05) is 37.0 Å². The van der Waals surface area contributed by atoms with Gasteiger partial charge in [0.1, 0.15) is 0 Å². The summed E-state index contributed by atoms with van der Waals surface area (Å²) in [6.07, 6.45) is 6.80. The molecule has 2 fully saturated rings. The molecule has 1 aromatic carbocycles. The number of aryl methyl sites for hydroxylation is 1. The van der Waals surface area contributed by atoms with Crippen LogP contribution in [0.1, 0.15) is 37.7 Å². The van der Waals surface area contributed by atoms with Crippen LogP contribution < -0.4 is 10.2 Å². The van der Waals surface area contributed by atoms with Crippen LogP contribution in [0.3, 0.4) is 0 Å². The zero-order valence-corrected chi connectivity index (χ0v) is 13.0. The molecular formula is C16H23N3S. The molecule has 0 atom stereocenters. The number of thiocarbonyl (C=S) groups is 1. The first-order valence-corrected chi connectivity index (χ1v) is 8.01. The van der Waals surface area contributed by atoms with Crippen LogP contribution in [-0.2, 0) is 0 Å². The highest BCUT2D eigenvalue weighted by Crippen LogP contribution is 2.25. The zero-order valence-electron chi connectivity index (χ0n) is 12.1. The van der Waals surface area contributed by atoms with Gasteiger partial charge in [0.2, 0.25) is 0 Å². The fourth-order valence-corrected chi connectivity index (χ4v) is 3.40. The third-order valence-electron chi connectivity index (χ3n) is 4.44. The highest BCUT2D eigenvalue weighted by atomic mass is 32.1. The average molecular weight is 289 g/mol. The van der Waals surface area contributed by atoms with Gasteiger partial charge in [0.05, 0.1) is 13.3 Å². The van der Waals surface area contributed by atoms with Crippen molar-refractivity contribution in [2.75, 3.05) is 18.2 Å². The third kappa shape index (κ3) is 2.96. The van der Waals surface area contributed by atoms with Crippen molar-refractivity contribution in [1.29, 1.82) is 0 Å². The molecule has 2 aliphatic rings. The SMILES string of the molecule is Cc1ccc(N2CN(C3CCCCC3)CNC2=S)cc1. The van der Waals surface area contributed by atoms with E-state index in [1.54, 1.807) is 0 Å². The Labute approximate surface area is 126 Å². The normalized spacial score (nSPS) is 21.9. The zero-order chi connectivity index (χ0) is 13.9. The van der Waals surface area contributed by atoms with E-state index >= 15 is 0 Å². The lowest BCUT2D eigenvalue weighted by molar-refractivity contribution is 0.148. The molecule has 3 nitrogen and oxygen atoms in total. The summed E-state index contributed by atoms with van der Waals surface area (Å²) in [5.41, 5.74) is 2.47. The third-order valence-corrected chi connectivity index (χ3v) is 4.80. The van der Waals surface area contributed by atoms with E-state index in [0.717, 1.165) is 18.4 Å². The molecule has 0 unspecified atom stereocenters. The van der Waals surface area contributed by atoms with Crippen LogP contribution in [0.2, 0.25) is 0 Å². The molecule has 1 aromatic rings. The Kier molecular flexibility index (Phi) is 4.22. The van der Waals surface area contributed by atoms with Gasteiger partial charge < -0.3 is 10.2 Å². The van der Waals surface area contributed by atoms with Crippen LogP contribution >= 0.6 is 12.2 Å². The highest BCUT2D eigenvalue weighted by Gasteiger charge is 2.28. The number of rotatable bonds is 2. The van der Waals surface area contributed by atoms with E-state index in [1.165, 1.54) is 43.4 Å². The molecule has 0 aromatic heterocycles. The maximum Gasteiger partial charge on any atom is 0.175 e. The molecule has 3 rings (SSSR count). The predicted octanol–water partition coefficient (Wildman–Crippen LogP) is 3.24. The van der Waals surface area contributed by atoms with Gasteiger partial charge in [0, 0.05) is 11.7 Å². The van der Waals surface area contributed by atoms with Crippen molar-refractivity contribution in [1.82, 2.24) is 10.2 Å². The fourth-order valence-electron chi connectivity index (χ4n) is 3.17. The summed E-state index contributed by atoms with van der Waals surface area (Å²) in [6.45, 7) is 3.93. The second kappa shape index (κ2) is 6.10. The van der Waals surface area contributed by atoms with E-state index in [0.29, 0.717) is 6.04 Å². The van der Waals surface area contributed by atoms with Crippen molar-refractivity contribution in [2.24, 2.45) is 0 Å². The largest absolute Gasteiger partial charge is 0.349 e. The monoisotopic (exact) mass is 289 g/mol. The second-order valence-corrected chi connectivity index (χ2v) is 6.31. The molecule has 1 saturated carbocycles. The molecule has 0 bridgehead atoms. The van der Waals surface area contributed by atoms with Crippen molar-refractivity contribution < 1.29 is 0 Å². The molecule has 1 heterocycles. The molecule has 108 valence electrons. The molecular weight excluding hydrogens is 266 g/mol. The molecule has 1 saturated heterocycles. The fraction of sp³-hybridized carbons (Fsp3) is 0.562. The lowest BCUT2D eigenvalue weighted by Gasteiger charge is -2.43. The Morgan fingerprint density at radius 3 is 2.50 bits per heavy atom. The van der Waals surface area contributed by atoms with Gasteiger partial charge in [-0.15, -0.1) is 0 Å². The summed E-state index contributed by atoms with van der Waals surface area (Å²) in [6, 6.07) is 9.34. The summed E-state index contributed by atoms with van der Waals surface area (Å²) < 4.78 is 0. The number of anilines is 1. The Balaban J connectivity index is 1.72. The predicted molar refractivity (Wildman–Crippen MR) is 87.8 cm³/mol. The van der Waals surface area contributed by atoms with E-state index in [2.05, 4.69) is 46.3 Å². The van der Waals surface area contributed by atoms with Crippen molar-refractivity contribution >= 4 is 23.0 Å². The molecule has 20 heavy (non-hydrogen) atoms. The van der Waals surface area contributed by atoms with E-state index < -0.39 is 0 Å². The Bertz CT molecular complexity index is 465. The maximum absolute atomic E-state index is 5.48. The van der Waals surface area contributed by atoms with Crippen LogP contribution in [-0.4, -0.2) is 29.4 Å². The van der Waals surface area contributed by atoms with Gasteiger partial charge in [-0.2, -0.15) is 0 Å². The van der Waals surface area contributed by atoms with Crippen molar-refractivity contribution in [3.8, 4) is 0 Å². The number of nitrogens with one attached hydrogen (secondary N) is 1. The topological polar surface area (TPSA) is 18.5 Å². The molecule has 0 radical (unpaired) electrons. The standard InChI is InChI=1S/C16H23N3S/c1-13-7-9-15(10-8-13)19-12-18(11-17-16(19)20)14-5-3-2-4-6-14/h7-10,14H,2-6,11-12H2,1H3,(H,17,20). The smallest absolute Gasteiger partial charge is 0.175 e. The minimum Gasteiger partial charge on any atom is -0.349 e. The van der Waals surface area contributed by atoms with Crippen LogP contribution in [0.5, 0.6) is 0 Å². The van der Waals surface area contributed by atoms with E-state index in [-0.39, 0.29) is 0 Å². The first-order chi connectivity index (χ1) is 9.74. The average Bonchev–Trinajstić information content (AvgIpc) is 2.50. The van der Waals surface area contributed by atoms with Gasteiger partial charge in [0.25, 0.3) is 0 Å². The lowest BCUT2D eigenvalue weighted by Crippen LogP contribution is -2.59. The first-order valence-electron chi connectivity index (χ1n) is 7.60.